The predicted octanol–water partition coefficient (Wildman–Crippen LogP) is 3.70. The molecule has 10 heteroatoms. The number of amides is 1. The number of anilines is 1. The second kappa shape index (κ2) is 8.66. The third-order valence-electron chi connectivity index (χ3n) is 5.22. The van der Waals surface area contributed by atoms with Gasteiger partial charge in [-0.1, -0.05) is 12.1 Å². The SMILES string of the molecule is Cc1cc(F)cnc1CNC(=O)c1nc(-c2ccc3ncccc3c2)c(-c2ncco2)nc1N. The topological polar surface area (TPSA) is 133 Å². The van der Waals surface area contributed by atoms with Gasteiger partial charge >= 0.3 is 0 Å². The summed E-state index contributed by atoms with van der Waals surface area (Å²) in [6.45, 7) is 1.79. The fourth-order valence-corrected chi connectivity index (χ4v) is 3.53. The Balaban J connectivity index is 1.55. The highest BCUT2D eigenvalue weighted by Gasteiger charge is 2.22. The van der Waals surface area contributed by atoms with Crippen LogP contribution < -0.4 is 11.1 Å². The van der Waals surface area contributed by atoms with Crippen LogP contribution in [0.2, 0.25) is 0 Å². The van der Waals surface area contributed by atoms with Crippen molar-refractivity contribution in [2.24, 2.45) is 0 Å². The molecule has 0 radical (unpaired) electrons. The first-order valence-corrected chi connectivity index (χ1v) is 10.3. The number of nitrogen functional groups attached to an aromatic ring is 1. The summed E-state index contributed by atoms with van der Waals surface area (Å²) in [5, 5.41) is 3.61. The molecule has 5 aromatic rings. The van der Waals surface area contributed by atoms with E-state index in [0.29, 0.717) is 28.2 Å². The van der Waals surface area contributed by atoms with Crippen LogP contribution in [-0.2, 0) is 6.54 Å². The zero-order valence-corrected chi connectivity index (χ0v) is 18.0. The number of aryl methyl sites for hydroxylation is 1. The minimum absolute atomic E-state index is 0.0589. The van der Waals surface area contributed by atoms with Crippen molar-refractivity contribution in [1.29, 1.82) is 0 Å². The fourth-order valence-electron chi connectivity index (χ4n) is 3.53. The first kappa shape index (κ1) is 21.1. The molecular formula is C24H18FN7O2. The molecule has 0 aliphatic heterocycles. The minimum atomic E-state index is -0.543. The van der Waals surface area contributed by atoms with Crippen LogP contribution in [0.4, 0.5) is 10.2 Å². The average molecular weight is 455 g/mol. The Morgan fingerprint density at radius 2 is 1.97 bits per heavy atom. The van der Waals surface area contributed by atoms with Crippen LogP contribution in [-0.4, -0.2) is 30.8 Å². The monoisotopic (exact) mass is 455 g/mol. The van der Waals surface area contributed by atoms with Crippen molar-refractivity contribution in [2.75, 3.05) is 5.73 Å². The number of carbonyl (C=O) groups excluding carboxylic acids is 1. The molecule has 5 rings (SSSR count). The molecule has 0 saturated carbocycles. The molecule has 0 atom stereocenters. The van der Waals surface area contributed by atoms with E-state index in [1.807, 2.05) is 30.3 Å². The van der Waals surface area contributed by atoms with Crippen molar-refractivity contribution in [2.45, 2.75) is 13.5 Å². The van der Waals surface area contributed by atoms with Gasteiger partial charge in [-0.15, -0.1) is 0 Å². The van der Waals surface area contributed by atoms with Crippen LogP contribution in [0.5, 0.6) is 0 Å². The van der Waals surface area contributed by atoms with E-state index in [9.17, 15) is 9.18 Å². The van der Waals surface area contributed by atoms with E-state index in [1.165, 1.54) is 18.5 Å². The lowest BCUT2D eigenvalue weighted by Crippen LogP contribution is -2.26. The molecule has 1 aromatic carbocycles. The molecule has 0 aliphatic rings. The number of nitrogens with two attached hydrogens (primary N) is 1. The molecule has 0 spiro atoms. The number of pyridine rings is 2. The van der Waals surface area contributed by atoms with Gasteiger partial charge in [0.15, 0.2) is 17.2 Å². The quantitative estimate of drug-likeness (QED) is 0.410. The molecule has 168 valence electrons. The van der Waals surface area contributed by atoms with Gasteiger partial charge in [0.05, 0.1) is 30.1 Å². The van der Waals surface area contributed by atoms with Crippen LogP contribution in [0.1, 0.15) is 21.7 Å². The Labute approximate surface area is 192 Å². The smallest absolute Gasteiger partial charge is 0.274 e. The van der Waals surface area contributed by atoms with Crippen molar-refractivity contribution in [1.82, 2.24) is 30.2 Å². The second-order valence-electron chi connectivity index (χ2n) is 7.50. The van der Waals surface area contributed by atoms with Gasteiger partial charge in [-0.25, -0.2) is 19.3 Å². The van der Waals surface area contributed by atoms with E-state index in [-0.39, 0.29) is 23.9 Å². The molecule has 9 nitrogen and oxygen atoms in total. The lowest BCUT2D eigenvalue weighted by atomic mass is 10.1. The lowest BCUT2D eigenvalue weighted by Gasteiger charge is -2.12. The normalized spacial score (nSPS) is 11.0. The maximum absolute atomic E-state index is 13.3. The third kappa shape index (κ3) is 4.04. The van der Waals surface area contributed by atoms with Gasteiger partial charge in [0.25, 0.3) is 5.91 Å². The molecule has 3 N–H and O–H groups in total. The third-order valence-corrected chi connectivity index (χ3v) is 5.22. The van der Waals surface area contributed by atoms with E-state index in [4.69, 9.17) is 10.2 Å². The number of nitrogens with one attached hydrogen (secondary N) is 1. The summed E-state index contributed by atoms with van der Waals surface area (Å²) in [5.74, 6) is -0.850. The largest absolute Gasteiger partial charge is 0.443 e. The molecule has 0 unspecified atom stereocenters. The molecule has 0 fully saturated rings. The van der Waals surface area contributed by atoms with Crippen LogP contribution in [0, 0.1) is 12.7 Å². The first-order chi connectivity index (χ1) is 16.5. The molecule has 34 heavy (non-hydrogen) atoms. The van der Waals surface area contributed by atoms with Crippen LogP contribution in [0.3, 0.4) is 0 Å². The molecule has 0 saturated heterocycles. The summed E-state index contributed by atoms with van der Waals surface area (Å²) >= 11 is 0. The zero-order chi connectivity index (χ0) is 23.7. The molecule has 4 heterocycles. The van der Waals surface area contributed by atoms with Gasteiger partial charge in [0.2, 0.25) is 5.89 Å². The summed E-state index contributed by atoms with van der Waals surface area (Å²) < 4.78 is 18.8. The Morgan fingerprint density at radius 1 is 1.09 bits per heavy atom. The van der Waals surface area contributed by atoms with Crippen molar-refractivity contribution in [3.05, 3.63) is 84.0 Å². The Morgan fingerprint density at radius 3 is 2.76 bits per heavy atom. The number of oxazole rings is 1. The van der Waals surface area contributed by atoms with Gasteiger partial charge in [-0.05, 0) is 36.8 Å². The van der Waals surface area contributed by atoms with Crippen LogP contribution >= 0.6 is 0 Å². The highest BCUT2D eigenvalue weighted by Crippen LogP contribution is 2.31. The van der Waals surface area contributed by atoms with E-state index < -0.39 is 11.7 Å². The van der Waals surface area contributed by atoms with E-state index >= 15 is 0 Å². The Kier molecular flexibility index (Phi) is 5.38. The van der Waals surface area contributed by atoms with Crippen molar-refractivity contribution in [3.63, 3.8) is 0 Å². The molecular weight excluding hydrogens is 437 g/mol. The predicted molar refractivity (Wildman–Crippen MR) is 123 cm³/mol. The highest BCUT2D eigenvalue weighted by atomic mass is 19.1. The number of hydrogen-bond donors (Lipinski definition) is 2. The number of aromatic nitrogens is 5. The lowest BCUT2D eigenvalue weighted by molar-refractivity contribution is 0.0946. The van der Waals surface area contributed by atoms with E-state index in [0.717, 1.165) is 17.1 Å². The summed E-state index contributed by atoms with van der Waals surface area (Å²) in [7, 11) is 0. The van der Waals surface area contributed by atoms with E-state index in [2.05, 4.69) is 30.2 Å². The number of carbonyl (C=O) groups is 1. The molecule has 1 amide bonds. The molecule has 4 aromatic heterocycles. The van der Waals surface area contributed by atoms with Gasteiger partial charge in [0, 0.05) is 17.1 Å². The Hall–Kier alpha value is -4.73. The van der Waals surface area contributed by atoms with Crippen LogP contribution in [0.25, 0.3) is 33.7 Å². The van der Waals surface area contributed by atoms with Crippen molar-refractivity contribution in [3.8, 4) is 22.8 Å². The van der Waals surface area contributed by atoms with Gasteiger partial charge in [0.1, 0.15) is 17.8 Å². The highest BCUT2D eigenvalue weighted by molar-refractivity contribution is 5.98. The first-order valence-electron chi connectivity index (χ1n) is 10.3. The fraction of sp³-hybridized carbons (Fsp3) is 0.0833. The summed E-state index contributed by atoms with van der Waals surface area (Å²) in [6, 6.07) is 10.7. The maximum atomic E-state index is 13.3. The maximum Gasteiger partial charge on any atom is 0.274 e. The summed E-state index contributed by atoms with van der Waals surface area (Å²) in [4.78, 5) is 34.4. The summed E-state index contributed by atoms with van der Waals surface area (Å²) in [5.41, 5.74) is 9.37. The molecule has 0 aliphatic carbocycles. The van der Waals surface area contributed by atoms with Crippen LogP contribution in [0.15, 0.2) is 65.7 Å². The van der Waals surface area contributed by atoms with Gasteiger partial charge < -0.3 is 15.5 Å². The standard InChI is InChI=1S/C24H18FN7O2/c1-13-9-16(25)11-29-18(13)12-30-23(33)21-22(26)32-20(24-28-7-8-34-24)19(31-21)15-4-5-17-14(10-15)3-2-6-27-17/h2-11H,12H2,1H3,(H2,26,32)(H,30,33). The minimum Gasteiger partial charge on any atom is -0.443 e. The number of rotatable bonds is 5. The zero-order valence-electron chi connectivity index (χ0n) is 18.0. The van der Waals surface area contributed by atoms with Gasteiger partial charge in [-0.3, -0.25) is 14.8 Å². The number of halogens is 1. The second-order valence-corrected chi connectivity index (χ2v) is 7.50. The van der Waals surface area contributed by atoms with E-state index in [1.54, 1.807) is 13.1 Å². The Bertz CT molecular complexity index is 1520. The average Bonchev–Trinajstić information content (AvgIpc) is 3.38. The van der Waals surface area contributed by atoms with Crippen molar-refractivity contribution < 1.29 is 13.6 Å². The number of hydrogen-bond acceptors (Lipinski definition) is 8. The van der Waals surface area contributed by atoms with Gasteiger partial charge in [-0.2, -0.15) is 0 Å². The number of benzene rings is 1. The van der Waals surface area contributed by atoms with Crippen molar-refractivity contribution >= 4 is 22.6 Å². The number of nitrogens with zero attached hydrogens (tertiary/aromatic N) is 5. The summed E-state index contributed by atoms with van der Waals surface area (Å²) in [6.07, 6.45) is 5.71. The number of fused-ring (bicyclic) bond motifs is 1. The molecule has 0 bridgehead atoms.